The molecule has 0 fully saturated rings. The van der Waals surface area contributed by atoms with Gasteiger partial charge in [0.25, 0.3) is 5.66 Å². The highest BCUT2D eigenvalue weighted by molar-refractivity contribution is 7.10. The Kier molecular flexibility index (Phi) is 3.12. The normalized spacial score (nSPS) is 27.2. The van der Waals surface area contributed by atoms with Crippen LogP contribution < -0.4 is 0 Å². The average Bonchev–Trinajstić information content (AvgIpc) is 3.05. The fourth-order valence-corrected chi connectivity index (χ4v) is 3.58. The van der Waals surface area contributed by atoms with Crippen molar-refractivity contribution in [3.63, 3.8) is 0 Å². The van der Waals surface area contributed by atoms with Gasteiger partial charge in [-0.1, -0.05) is 24.3 Å². The van der Waals surface area contributed by atoms with Crippen LogP contribution in [-0.4, -0.2) is 26.8 Å². The first kappa shape index (κ1) is 13.3. The van der Waals surface area contributed by atoms with Gasteiger partial charge in [-0.15, -0.1) is 16.4 Å². The number of hydroxylamine groups is 3. The van der Waals surface area contributed by atoms with Crippen molar-refractivity contribution >= 4 is 17.0 Å². The van der Waals surface area contributed by atoms with Gasteiger partial charge in [-0.05, 0) is 30.5 Å². The summed E-state index contributed by atoms with van der Waals surface area (Å²) in [5.41, 5.74) is 0.358. The van der Waals surface area contributed by atoms with Crippen molar-refractivity contribution in [2.45, 2.75) is 25.6 Å². The summed E-state index contributed by atoms with van der Waals surface area (Å²) >= 11 is 1.47. The van der Waals surface area contributed by atoms with Gasteiger partial charge in [0.15, 0.2) is 0 Å². The third-order valence-corrected chi connectivity index (χ3v) is 4.95. The van der Waals surface area contributed by atoms with Gasteiger partial charge in [0.05, 0.1) is 4.88 Å². The molecule has 1 N–H and O–H groups in total. The molecule has 5 heteroatoms. The minimum atomic E-state index is -1.07. The maximum absolute atomic E-state index is 12.8. The second kappa shape index (κ2) is 4.70. The second-order valence-electron chi connectivity index (χ2n) is 5.06. The predicted octanol–water partition coefficient (Wildman–Crippen LogP) is 3.01. The Balaban J connectivity index is 2.17. The zero-order valence-electron chi connectivity index (χ0n) is 11.4. The van der Waals surface area contributed by atoms with Crippen LogP contribution in [0.15, 0.2) is 47.8 Å². The van der Waals surface area contributed by atoms with Gasteiger partial charge >= 0.3 is 0 Å². The van der Waals surface area contributed by atoms with Crippen LogP contribution in [0.25, 0.3) is 0 Å². The standard InChI is InChI=1S/C15H16N2O2S/c1-11-14(12-7-4-3-5-8-12)17(19)15(2,16(11)18)13-9-6-10-20-13/h3-11,18H,1-2H3/t11-,15+/m1/s1. The number of nitrogens with zero attached hydrogens (tertiary/aromatic N) is 2. The SMILES string of the molecule is C[C@@H]1C(c2ccccc2)=[N+]([O-])[C@@](C)(c2cccs2)N1O. The monoisotopic (exact) mass is 288 g/mol. The Morgan fingerprint density at radius 3 is 2.55 bits per heavy atom. The second-order valence-corrected chi connectivity index (χ2v) is 6.01. The topological polar surface area (TPSA) is 49.5 Å². The van der Waals surface area contributed by atoms with E-state index in [1.807, 2.05) is 54.8 Å². The summed E-state index contributed by atoms with van der Waals surface area (Å²) in [7, 11) is 0. The predicted molar refractivity (Wildman–Crippen MR) is 78.9 cm³/mol. The van der Waals surface area contributed by atoms with Gasteiger partial charge in [-0.2, -0.15) is 4.74 Å². The van der Waals surface area contributed by atoms with Gasteiger partial charge in [0.1, 0.15) is 6.04 Å². The van der Waals surface area contributed by atoms with Crippen molar-refractivity contribution in [1.82, 2.24) is 5.06 Å². The molecule has 2 atom stereocenters. The highest BCUT2D eigenvalue weighted by atomic mass is 32.1. The molecule has 1 aliphatic heterocycles. The first-order valence-electron chi connectivity index (χ1n) is 6.48. The lowest BCUT2D eigenvalue weighted by molar-refractivity contribution is -0.594. The Morgan fingerprint density at radius 1 is 1.25 bits per heavy atom. The lowest BCUT2D eigenvalue weighted by Crippen LogP contribution is -2.45. The van der Waals surface area contributed by atoms with Crippen LogP contribution in [0.1, 0.15) is 24.3 Å². The highest BCUT2D eigenvalue weighted by Crippen LogP contribution is 2.38. The fourth-order valence-electron chi connectivity index (χ4n) is 2.72. The number of thiophene rings is 1. The third kappa shape index (κ3) is 1.71. The largest absolute Gasteiger partial charge is 0.622 e. The van der Waals surface area contributed by atoms with Crippen molar-refractivity contribution in [2.75, 3.05) is 0 Å². The van der Waals surface area contributed by atoms with E-state index in [9.17, 15) is 10.4 Å². The molecule has 0 spiro atoms. The summed E-state index contributed by atoms with van der Waals surface area (Å²) in [5.74, 6) is 0. The maximum Gasteiger partial charge on any atom is 0.283 e. The van der Waals surface area contributed by atoms with Crippen molar-refractivity contribution in [3.8, 4) is 0 Å². The van der Waals surface area contributed by atoms with E-state index < -0.39 is 5.66 Å². The van der Waals surface area contributed by atoms with E-state index in [1.165, 1.54) is 11.3 Å². The van der Waals surface area contributed by atoms with Crippen LogP contribution in [0.4, 0.5) is 0 Å². The Morgan fingerprint density at radius 2 is 1.95 bits per heavy atom. The summed E-state index contributed by atoms with van der Waals surface area (Å²) in [5, 5.41) is 26.4. The van der Waals surface area contributed by atoms with Gasteiger partial charge in [0, 0.05) is 12.5 Å². The molecule has 0 amide bonds. The summed E-state index contributed by atoms with van der Waals surface area (Å²) in [4.78, 5) is 0.827. The molecular formula is C15H16N2O2S. The van der Waals surface area contributed by atoms with Crippen LogP contribution >= 0.6 is 11.3 Å². The van der Waals surface area contributed by atoms with E-state index in [-0.39, 0.29) is 6.04 Å². The average molecular weight is 288 g/mol. The first-order valence-corrected chi connectivity index (χ1v) is 7.36. The molecule has 0 saturated carbocycles. The first-order chi connectivity index (χ1) is 9.56. The zero-order valence-corrected chi connectivity index (χ0v) is 12.2. The number of benzene rings is 1. The van der Waals surface area contributed by atoms with Crippen molar-refractivity contribution in [3.05, 3.63) is 63.5 Å². The van der Waals surface area contributed by atoms with Crippen LogP contribution in [0.3, 0.4) is 0 Å². The molecule has 2 aromatic rings. The molecule has 3 rings (SSSR count). The van der Waals surface area contributed by atoms with Crippen LogP contribution in [0.5, 0.6) is 0 Å². The van der Waals surface area contributed by atoms with E-state index in [1.54, 1.807) is 6.92 Å². The quantitative estimate of drug-likeness (QED) is 0.682. The molecule has 2 heterocycles. The molecule has 1 aliphatic rings. The Bertz CT molecular complexity index is 639. The molecule has 0 saturated heterocycles. The van der Waals surface area contributed by atoms with E-state index in [0.717, 1.165) is 20.2 Å². The molecule has 4 nitrogen and oxygen atoms in total. The molecule has 0 bridgehead atoms. The zero-order chi connectivity index (χ0) is 14.3. The molecular weight excluding hydrogens is 272 g/mol. The van der Waals surface area contributed by atoms with Crippen LogP contribution in [0, 0.1) is 5.21 Å². The number of hydrogen-bond donors (Lipinski definition) is 1. The van der Waals surface area contributed by atoms with Crippen molar-refractivity contribution in [1.29, 1.82) is 0 Å². The summed E-state index contributed by atoms with van der Waals surface area (Å²) in [6, 6.07) is 12.9. The molecule has 0 radical (unpaired) electrons. The van der Waals surface area contributed by atoms with E-state index in [2.05, 4.69) is 0 Å². The summed E-state index contributed by atoms with van der Waals surface area (Å²) in [6.07, 6.45) is 0. The lowest BCUT2D eigenvalue weighted by Gasteiger charge is -2.28. The molecule has 1 aromatic heterocycles. The molecule has 0 aliphatic carbocycles. The van der Waals surface area contributed by atoms with Gasteiger partial charge in [-0.3, -0.25) is 0 Å². The van der Waals surface area contributed by atoms with Crippen LogP contribution in [-0.2, 0) is 5.66 Å². The van der Waals surface area contributed by atoms with E-state index in [4.69, 9.17) is 0 Å². The van der Waals surface area contributed by atoms with Gasteiger partial charge in [0.2, 0.25) is 5.71 Å². The number of hydrogen-bond acceptors (Lipinski definition) is 4. The minimum Gasteiger partial charge on any atom is -0.622 e. The molecule has 104 valence electrons. The summed E-state index contributed by atoms with van der Waals surface area (Å²) in [6.45, 7) is 3.59. The van der Waals surface area contributed by atoms with E-state index >= 15 is 0 Å². The Labute approximate surface area is 121 Å². The number of rotatable bonds is 2. The van der Waals surface area contributed by atoms with E-state index in [0.29, 0.717) is 5.71 Å². The van der Waals surface area contributed by atoms with Crippen LogP contribution in [0.2, 0.25) is 0 Å². The summed E-state index contributed by atoms with van der Waals surface area (Å²) < 4.78 is 0.929. The molecule has 0 unspecified atom stereocenters. The Hall–Kier alpha value is -1.69. The van der Waals surface area contributed by atoms with Crippen molar-refractivity contribution in [2.24, 2.45) is 0 Å². The van der Waals surface area contributed by atoms with Gasteiger partial charge in [-0.25, -0.2) is 0 Å². The van der Waals surface area contributed by atoms with Gasteiger partial charge < -0.3 is 10.4 Å². The minimum absolute atomic E-state index is 0.359. The highest BCUT2D eigenvalue weighted by Gasteiger charge is 2.54. The molecule has 1 aromatic carbocycles. The third-order valence-electron chi connectivity index (χ3n) is 3.88. The maximum atomic E-state index is 12.8. The lowest BCUT2D eigenvalue weighted by atomic mass is 10.1. The fraction of sp³-hybridized carbons (Fsp3) is 0.267. The molecule has 20 heavy (non-hydrogen) atoms. The smallest absolute Gasteiger partial charge is 0.283 e. The van der Waals surface area contributed by atoms with Crippen molar-refractivity contribution < 1.29 is 9.95 Å².